The molecular weight excluding hydrogens is 472 g/mol. The van der Waals surface area contributed by atoms with Crippen LogP contribution in [0.4, 0.5) is 5.69 Å². The summed E-state index contributed by atoms with van der Waals surface area (Å²) in [5.41, 5.74) is 2.47. The van der Waals surface area contributed by atoms with Crippen LogP contribution in [-0.2, 0) is 10.0 Å². The lowest BCUT2D eigenvalue weighted by molar-refractivity contribution is 0.0931. The molecule has 0 aliphatic carbocycles. The number of rotatable bonds is 9. The monoisotopic (exact) mass is 500 g/mol. The van der Waals surface area contributed by atoms with Gasteiger partial charge in [-0.3, -0.25) is 9.52 Å². The van der Waals surface area contributed by atoms with E-state index in [-0.39, 0.29) is 27.4 Å². The summed E-state index contributed by atoms with van der Waals surface area (Å²) in [5.74, 6) is 0.671. The molecule has 0 saturated heterocycles. The molecule has 0 radical (unpaired) electrons. The standard InChI is InChI=1S/C26H29ClN2O4S/c1-17(2)14-24(19-8-11-22(33-4)12-9-19)28-26(30)20-10-13-23(27)25(16-20)34(31,32)29-21-7-5-6-18(3)15-21/h5-13,15-17,24,29H,14H2,1-4H3,(H,28,30)/t24-/m1/s1. The summed E-state index contributed by atoms with van der Waals surface area (Å²) >= 11 is 6.22. The second kappa shape index (κ2) is 10.9. The Labute approximate surface area is 206 Å². The summed E-state index contributed by atoms with van der Waals surface area (Å²) in [6.45, 7) is 6.02. The van der Waals surface area contributed by atoms with Gasteiger partial charge >= 0.3 is 0 Å². The minimum atomic E-state index is -4.00. The number of nitrogens with one attached hydrogen (secondary N) is 2. The van der Waals surface area contributed by atoms with Crippen molar-refractivity contribution in [1.82, 2.24) is 5.32 Å². The first-order chi connectivity index (χ1) is 16.1. The summed E-state index contributed by atoms with van der Waals surface area (Å²) in [7, 11) is -2.40. The third kappa shape index (κ3) is 6.52. The van der Waals surface area contributed by atoms with Crippen molar-refractivity contribution in [2.45, 2.75) is 38.1 Å². The molecule has 1 amide bonds. The lowest BCUT2D eigenvalue weighted by atomic mass is 9.96. The van der Waals surface area contributed by atoms with Gasteiger partial charge in [0.1, 0.15) is 10.6 Å². The molecule has 1 atom stereocenters. The van der Waals surface area contributed by atoms with Gasteiger partial charge in [-0.15, -0.1) is 0 Å². The van der Waals surface area contributed by atoms with Crippen LogP contribution in [0.2, 0.25) is 5.02 Å². The molecule has 0 aromatic heterocycles. The summed E-state index contributed by atoms with van der Waals surface area (Å²) in [6, 6.07) is 18.5. The minimum Gasteiger partial charge on any atom is -0.497 e. The largest absolute Gasteiger partial charge is 0.497 e. The zero-order valence-corrected chi connectivity index (χ0v) is 21.2. The van der Waals surface area contributed by atoms with Crippen molar-refractivity contribution >= 4 is 33.2 Å². The van der Waals surface area contributed by atoms with Crippen LogP contribution < -0.4 is 14.8 Å². The summed E-state index contributed by atoms with van der Waals surface area (Å²) < 4.78 is 33.8. The van der Waals surface area contributed by atoms with E-state index in [4.69, 9.17) is 16.3 Å². The molecular formula is C26H29ClN2O4S. The molecule has 0 heterocycles. The SMILES string of the molecule is COc1ccc([C@@H](CC(C)C)NC(=O)c2ccc(Cl)c(S(=O)(=O)Nc3cccc(C)c3)c2)cc1. The van der Waals surface area contributed by atoms with Crippen molar-refractivity contribution in [1.29, 1.82) is 0 Å². The fourth-order valence-corrected chi connectivity index (χ4v) is 5.17. The van der Waals surface area contributed by atoms with Gasteiger partial charge in [0.05, 0.1) is 18.2 Å². The first-order valence-electron chi connectivity index (χ1n) is 10.9. The van der Waals surface area contributed by atoms with Crippen molar-refractivity contribution < 1.29 is 17.9 Å². The van der Waals surface area contributed by atoms with E-state index >= 15 is 0 Å². The Hall–Kier alpha value is -3.03. The fourth-order valence-electron chi connectivity index (χ4n) is 3.60. The highest BCUT2D eigenvalue weighted by Gasteiger charge is 2.22. The molecule has 2 N–H and O–H groups in total. The fraction of sp³-hybridized carbons (Fsp3) is 0.269. The Kier molecular flexibility index (Phi) is 8.23. The molecule has 3 aromatic carbocycles. The van der Waals surface area contributed by atoms with Crippen LogP contribution in [0.5, 0.6) is 5.75 Å². The highest BCUT2D eigenvalue weighted by Crippen LogP contribution is 2.27. The number of anilines is 1. The second-order valence-corrected chi connectivity index (χ2v) is 10.6. The van der Waals surface area contributed by atoms with Crippen LogP contribution in [-0.4, -0.2) is 21.4 Å². The number of hydrogen-bond acceptors (Lipinski definition) is 4. The molecule has 3 aromatic rings. The highest BCUT2D eigenvalue weighted by molar-refractivity contribution is 7.92. The van der Waals surface area contributed by atoms with E-state index in [1.165, 1.54) is 18.2 Å². The molecule has 8 heteroatoms. The molecule has 0 spiro atoms. The van der Waals surface area contributed by atoms with E-state index < -0.39 is 10.0 Å². The van der Waals surface area contributed by atoms with Crippen LogP contribution in [0.25, 0.3) is 0 Å². The Morgan fingerprint density at radius 1 is 1.03 bits per heavy atom. The molecule has 6 nitrogen and oxygen atoms in total. The minimum absolute atomic E-state index is 0.0330. The molecule has 34 heavy (non-hydrogen) atoms. The average Bonchev–Trinajstić information content (AvgIpc) is 2.78. The van der Waals surface area contributed by atoms with E-state index in [9.17, 15) is 13.2 Å². The quantitative estimate of drug-likeness (QED) is 0.378. The number of benzene rings is 3. The van der Waals surface area contributed by atoms with E-state index in [0.717, 1.165) is 16.9 Å². The zero-order chi connectivity index (χ0) is 24.9. The van der Waals surface area contributed by atoms with Gasteiger partial charge in [0.15, 0.2) is 0 Å². The molecule has 0 unspecified atom stereocenters. The van der Waals surface area contributed by atoms with Crippen LogP contribution in [0.15, 0.2) is 71.6 Å². The normalized spacial score (nSPS) is 12.3. The third-order valence-corrected chi connectivity index (χ3v) is 7.15. The molecule has 0 aliphatic rings. The van der Waals surface area contributed by atoms with E-state index in [1.54, 1.807) is 25.3 Å². The number of amides is 1. The van der Waals surface area contributed by atoms with Gasteiger partial charge in [-0.05, 0) is 72.9 Å². The van der Waals surface area contributed by atoms with E-state index in [0.29, 0.717) is 18.0 Å². The number of ether oxygens (including phenoxy) is 1. The molecule has 3 rings (SSSR count). The van der Waals surface area contributed by atoms with Gasteiger partial charge in [-0.25, -0.2) is 8.42 Å². The molecule has 0 fully saturated rings. The number of aryl methyl sites for hydroxylation is 1. The maximum Gasteiger partial charge on any atom is 0.263 e. The average molecular weight is 501 g/mol. The topological polar surface area (TPSA) is 84.5 Å². The predicted molar refractivity (Wildman–Crippen MR) is 136 cm³/mol. The number of carbonyl (C=O) groups excluding carboxylic acids is 1. The van der Waals surface area contributed by atoms with Gasteiger partial charge in [-0.2, -0.15) is 0 Å². The number of carbonyl (C=O) groups is 1. The predicted octanol–water partition coefficient (Wildman–Crippen LogP) is 5.98. The van der Waals surface area contributed by atoms with Crippen molar-refractivity contribution in [3.8, 4) is 5.75 Å². The second-order valence-electron chi connectivity index (χ2n) is 8.55. The Bertz CT molecular complexity index is 1260. The Morgan fingerprint density at radius 2 is 1.74 bits per heavy atom. The van der Waals surface area contributed by atoms with Crippen LogP contribution in [0.1, 0.15) is 47.8 Å². The highest BCUT2D eigenvalue weighted by atomic mass is 35.5. The molecule has 0 aliphatic heterocycles. The maximum atomic E-state index is 13.1. The van der Waals surface area contributed by atoms with Gasteiger partial charge in [-0.1, -0.05) is 49.7 Å². The molecule has 0 bridgehead atoms. The number of halogens is 1. The zero-order valence-electron chi connectivity index (χ0n) is 19.6. The lowest BCUT2D eigenvalue weighted by Crippen LogP contribution is -2.29. The van der Waals surface area contributed by atoms with Crippen LogP contribution >= 0.6 is 11.6 Å². The van der Waals surface area contributed by atoms with Gasteiger partial charge in [0.25, 0.3) is 15.9 Å². The van der Waals surface area contributed by atoms with Crippen LogP contribution in [0, 0.1) is 12.8 Å². The number of hydrogen-bond donors (Lipinski definition) is 2. The maximum absolute atomic E-state index is 13.1. The number of sulfonamides is 1. The van der Waals surface area contributed by atoms with Gasteiger partial charge in [0, 0.05) is 11.3 Å². The van der Waals surface area contributed by atoms with E-state index in [2.05, 4.69) is 23.9 Å². The Morgan fingerprint density at radius 3 is 2.35 bits per heavy atom. The smallest absolute Gasteiger partial charge is 0.263 e. The summed E-state index contributed by atoms with van der Waals surface area (Å²) in [5, 5.41) is 3.07. The third-order valence-electron chi connectivity index (χ3n) is 5.28. The summed E-state index contributed by atoms with van der Waals surface area (Å²) in [6.07, 6.45) is 0.714. The lowest BCUT2D eigenvalue weighted by Gasteiger charge is -2.22. The van der Waals surface area contributed by atoms with Crippen molar-refractivity contribution in [3.05, 3.63) is 88.4 Å². The Balaban J connectivity index is 1.87. The van der Waals surface area contributed by atoms with Crippen molar-refractivity contribution in [2.24, 2.45) is 5.92 Å². The van der Waals surface area contributed by atoms with Crippen LogP contribution in [0.3, 0.4) is 0 Å². The van der Waals surface area contributed by atoms with Crippen molar-refractivity contribution in [2.75, 3.05) is 11.8 Å². The van der Waals surface area contributed by atoms with Crippen molar-refractivity contribution in [3.63, 3.8) is 0 Å². The molecule has 180 valence electrons. The first kappa shape index (κ1) is 25.6. The molecule has 0 saturated carbocycles. The van der Waals surface area contributed by atoms with Gasteiger partial charge < -0.3 is 10.1 Å². The number of methoxy groups -OCH3 is 1. The van der Waals surface area contributed by atoms with Gasteiger partial charge in [0.2, 0.25) is 0 Å². The van der Waals surface area contributed by atoms with E-state index in [1.807, 2.05) is 37.3 Å². The first-order valence-corrected chi connectivity index (χ1v) is 12.8. The summed E-state index contributed by atoms with van der Waals surface area (Å²) in [4.78, 5) is 13.0.